The van der Waals surface area contributed by atoms with E-state index in [0.717, 1.165) is 5.92 Å². The summed E-state index contributed by atoms with van der Waals surface area (Å²) >= 11 is 0. The van der Waals surface area contributed by atoms with E-state index in [-0.39, 0.29) is 0 Å². The lowest BCUT2D eigenvalue weighted by Gasteiger charge is -2.33. The van der Waals surface area contributed by atoms with Gasteiger partial charge in [-0.25, -0.2) is 0 Å². The molecule has 1 heteroatoms. The zero-order valence-corrected chi connectivity index (χ0v) is 11.4. The summed E-state index contributed by atoms with van der Waals surface area (Å²) < 4.78 is 0. The number of aryl methyl sites for hydroxylation is 1. The van der Waals surface area contributed by atoms with Gasteiger partial charge in [0.05, 0.1) is 0 Å². The Morgan fingerprint density at radius 2 is 1.65 bits per heavy atom. The zero-order valence-electron chi connectivity index (χ0n) is 11.4. The van der Waals surface area contributed by atoms with Crippen LogP contribution in [0.15, 0.2) is 24.3 Å². The van der Waals surface area contributed by atoms with Crippen molar-refractivity contribution >= 4 is 0 Å². The van der Waals surface area contributed by atoms with Crippen LogP contribution in [-0.4, -0.2) is 12.1 Å². The summed E-state index contributed by atoms with van der Waals surface area (Å²) in [6.07, 6.45) is 5.00. The minimum absolute atomic E-state index is 0.652. The summed E-state index contributed by atoms with van der Waals surface area (Å²) in [4.78, 5) is 0. The third-order valence-electron chi connectivity index (χ3n) is 3.83. The normalized spacial score (nSPS) is 29.2. The Labute approximate surface area is 106 Å². The van der Waals surface area contributed by atoms with Gasteiger partial charge in [0, 0.05) is 12.1 Å². The molecule has 1 saturated heterocycles. The van der Waals surface area contributed by atoms with Gasteiger partial charge in [0.2, 0.25) is 0 Å². The molecule has 1 fully saturated rings. The number of piperidine rings is 1. The summed E-state index contributed by atoms with van der Waals surface area (Å²) in [5.74, 6) is 0.747. The molecule has 1 aliphatic rings. The van der Waals surface area contributed by atoms with E-state index in [1.807, 2.05) is 0 Å². The zero-order chi connectivity index (χ0) is 12.3. The lowest BCUT2D eigenvalue weighted by atomic mass is 9.83. The van der Waals surface area contributed by atoms with Crippen LogP contribution >= 0.6 is 0 Å². The number of rotatable bonds is 3. The van der Waals surface area contributed by atoms with Crippen molar-refractivity contribution in [3.63, 3.8) is 0 Å². The van der Waals surface area contributed by atoms with Gasteiger partial charge in [0.25, 0.3) is 0 Å². The van der Waals surface area contributed by atoms with Gasteiger partial charge in [0.1, 0.15) is 0 Å². The van der Waals surface area contributed by atoms with Crippen LogP contribution < -0.4 is 5.32 Å². The second kappa shape index (κ2) is 5.68. The van der Waals surface area contributed by atoms with Gasteiger partial charge in [-0.1, -0.05) is 37.6 Å². The van der Waals surface area contributed by atoms with Crippen LogP contribution in [0.1, 0.15) is 57.1 Å². The lowest BCUT2D eigenvalue weighted by Crippen LogP contribution is -2.41. The summed E-state index contributed by atoms with van der Waals surface area (Å²) in [5, 5.41) is 3.61. The highest BCUT2D eigenvalue weighted by Crippen LogP contribution is 2.30. The Bertz CT molecular complexity index is 331. The summed E-state index contributed by atoms with van der Waals surface area (Å²) in [5.41, 5.74) is 3.01. The molecule has 0 saturated carbocycles. The van der Waals surface area contributed by atoms with Crippen molar-refractivity contribution in [3.05, 3.63) is 35.4 Å². The third kappa shape index (κ3) is 3.32. The first-order valence-electron chi connectivity index (χ1n) is 7.04. The van der Waals surface area contributed by atoms with Crippen LogP contribution in [0, 0.1) is 0 Å². The molecule has 2 rings (SSSR count). The van der Waals surface area contributed by atoms with Gasteiger partial charge in [0.15, 0.2) is 0 Å². The van der Waals surface area contributed by atoms with Crippen molar-refractivity contribution in [1.29, 1.82) is 0 Å². The van der Waals surface area contributed by atoms with E-state index in [1.165, 1.54) is 36.8 Å². The fourth-order valence-electron chi connectivity index (χ4n) is 3.09. The Morgan fingerprint density at radius 1 is 1.06 bits per heavy atom. The van der Waals surface area contributed by atoms with Crippen molar-refractivity contribution in [3.8, 4) is 0 Å². The van der Waals surface area contributed by atoms with Crippen molar-refractivity contribution in [2.24, 2.45) is 0 Å². The van der Waals surface area contributed by atoms with Gasteiger partial charge in [-0.05, 0) is 50.2 Å². The number of hydrogen-bond donors (Lipinski definition) is 1. The predicted molar refractivity (Wildman–Crippen MR) is 74.5 cm³/mol. The van der Waals surface area contributed by atoms with Gasteiger partial charge in [-0.15, -0.1) is 0 Å². The van der Waals surface area contributed by atoms with E-state index >= 15 is 0 Å². The fourth-order valence-corrected chi connectivity index (χ4v) is 3.09. The summed E-state index contributed by atoms with van der Waals surface area (Å²) in [6.45, 7) is 6.84. The molecule has 1 aromatic rings. The quantitative estimate of drug-likeness (QED) is 0.832. The molecule has 1 aliphatic heterocycles. The van der Waals surface area contributed by atoms with E-state index < -0.39 is 0 Å². The minimum atomic E-state index is 0.652. The Morgan fingerprint density at radius 3 is 2.18 bits per heavy atom. The third-order valence-corrected chi connectivity index (χ3v) is 3.83. The van der Waals surface area contributed by atoms with Crippen LogP contribution in [0.25, 0.3) is 0 Å². The van der Waals surface area contributed by atoms with Gasteiger partial charge >= 0.3 is 0 Å². The van der Waals surface area contributed by atoms with E-state index in [1.54, 1.807) is 0 Å². The highest BCUT2D eigenvalue weighted by Gasteiger charge is 2.24. The smallest absolute Gasteiger partial charge is 0.00470 e. The molecule has 0 radical (unpaired) electrons. The molecule has 0 amide bonds. The molecule has 17 heavy (non-hydrogen) atoms. The highest BCUT2D eigenvalue weighted by atomic mass is 14.9. The average molecular weight is 231 g/mol. The minimum Gasteiger partial charge on any atom is -0.312 e. The Hall–Kier alpha value is -0.820. The molecule has 0 aromatic heterocycles. The molecule has 1 nitrogen and oxygen atoms in total. The summed E-state index contributed by atoms with van der Waals surface area (Å²) in [7, 11) is 0. The van der Waals surface area contributed by atoms with Crippen molar-refractivity contribution < 1.29 is 0 Å². The molecular formula is C16H25N. The van der Waals surface area contributed by atoms with Crippen LogP contribution in [0.5, 0.6) is 0 Å². The molecule has 0 spiro atoms. The average Bonchev–Trinajstić information content (AvgIpc) is 2.29. The van der Waals surface area contributed by atoms with Crippen molar-refractivity contribution in [1.82, 2.24) is 5.32 Å². The Kier molecular flexibility index (Phi) is 4.22. The van der Waals surface area contributed by atoms with E-state index in [2.05, 4.69) is 50.4 Å². The number of benzene rings is 1. The fraction of sp³-hybridized carbons (Fsp3) is 0.625. The van der Waals surface area contributed by atoms with Gasteiger partial charge in [-0.3, -0.25) is 0 Å². The Balaban J connectivity index is 2.06. The van der Waals surface area contributed by atoms with E-state index in [0.29, 0.717) is 12.1 Å². The molecule has 0 aliphatic carbocycles. The highest BCUT2D eigenvalue weighted by molar-refractivity contribution is 5.26. The summed E-state index contributed by atoms with van der Waals surface area (Å²) in [6, 6.07) is 10.6. The molecule has 0 bridgehead atoms. The van der Waals surface area contributed by atoms with Crippen LogP contribution in [0.4, 0.5) is 0 Å². The van der Waals surface area contributed by atoms with Gasteiger partial charge < -0.3 is 5.32 Å². The van der Waals surface area contributed by atoms with Crippen molar-refractivity contribution in [2.75, 3.05) is 0 Å². The maximum absolute atomic E-state index is 3.61. The van der Waals surface area contributed by atoms with Crippen LogP contribution in [0.2, 0.25) is 0 Å². The number of nitrogens with one attached hydrogen (secondary N) is 1. The maximum Gasteiger partial charge on any atom is 0.00470 e. The predicted octanol–water partition coefficient (Wildman–Crippen LogP) is 3.88. The number of hydrogen-bond acceptors (Lipinski definition) is 1. The molecule has 2 unspecified atom stereocenters. The topological polar surface area (TPSA) is 12.0 Å². The van der Waals surface area contributed by atoms with Crippen LogP contribution in [0.3, 0.4) is 0 Å². The monoisotopic (exact) mass is 231 g/mol. The molecular weight excluding hydrogens is 206 g/mol. The molecule has 1 heterocycles. The second-order valence-corrected chi connectivity index (χ2v) is 5.63. The first-order chi connectivity index (χ1) is 8.19. The van der Waals surface area contributed by atoms with Gasteiger partial charge in [-0.2, -0.15) is 0 Å². The lowest BCUT2D eigenvalue weighted by molar-refractivity contribution is 0.317. The molecule has 2 atom stereocenters. The standard InChI is InChI=1S/C16H25N/c1-4-5-14-6-8-15(9-7-14)16-10-12(2)17-13(3)11-16/h6-9,12-13,16-17H,4-5,10-11H2,1-3H3. The molecule has 1 N–H and O–H groups in total. The molecule has 1 aromatic carbocycles. The van der Waals surface area contributed by atoms with Crippen molar-refractivity contribution in [2.45, 2.75) is 64.5 Å². The van der Waals surface area contributed by atoms with E-state index in [4.69, 9.17) is 0 Å². The molecule has 94 valence electrons. The SMILES string of the molecule is CCCc1ccc(C2CC(C)NC(C)C2)cc1. The largest absolute Gasteiger partial charge is 0.312 e. The second-order valence-electron chi connectivity index (χ2n) is 5.63. The maximum atomic E-state index is 3.61. The van der Waals surface area contributed by atoms with E-state index in [9.17, 15) is 0 Å². The first kappa shape index (κ1) is 12.6. The van der Waals surface area contributed by atoms with Crippen LogP contribution in [-0.2, 0) is 6.42 Å². The first-order valence-corrected chi connectivity index (χ1v) is 7.04.